The van der Waals surface area contributed by atoms with Crippen LogP contribution in [-0.2, 0) is 0 Å². The predicted molar refractivity (Wildman–Crippen MR) is 93.7 cm³/mol. The second-order valence-electron chi connectivity index (χ2n) is 7.02. The van der Waals surface area contributed by atoms with Crippen molar-refractivity contribution in [2.45, 2.75) is 52.5 Å². The van der Waals surface area contributed by atoms with Gasteiger partial charge in [0.05, 0.1) is 0 Å². The molecule has 0 heterocycles. The van der Waals surface area contributed by atoms with Gasteiger partial charge >= 0.3 is 0 Å². The van der Waals surface area contributed by atoms with Gasteiger partial charge in [-0.1, -0.05) is 12.5 Å². The summed E-state index contributed by atoms with van der Waals surface area (Å²) in [4.78, 5) is 0. The van der Waals surface area contributed by atoms with Crippen molar-refractivity contribution in [1.82, 2.24) is 5.32 Å². The second-order valence-corrected chi connectivity index (χ2v) is 7.43. The van der Waals surface area contributed by atoms with Crippen molar-refractivity contribution in [3.05, 3.63) is 29.3 Å². The molecule has 114 valence electrons. The molecule has 0 aromatic heterocycles. The first kappa shape index (κ1) is 14.8. The van der Waals surface area contributed by atoms with Crippen molar-refractivity contribution >= 4 is 23.0 Å². The molecule has 2 aliphatic rings. The van der Waals surface area contributed by atoms with E-state index in [1.54, 1.807) is 0 Å². The summed E-state index contributed by atoms with van der Waals surface area (Å²) in [7, 11) is 0. The van der Waals surface area contributed by atoms with E-state index in [0.29, 0.717) is 6.04 Å². The van der Waals surface area contributed by atoms with Crippen LogP contribution in [0.2, 0.25) is 0 Å². The van der Waals surface area contributed by atoms with Gasteiger partial charge in [0.1, 0.15) is 0 Å². The van der Waals surface area contributed by atoms with Gasteiger partial charge in [-0.3, -0.25) is 0 Å². The van der Waals surface area contributed by atoms with Crippen LogP contribution < -0.4 is 10.6 Å². The van der Waals surface area contributed by atoms with E-state index in [1.165, 1.54) is 36.8 Å². The Morgan fingerprint density at radius 2 is 2.00 bits per heavy atom. The third kappa shape index (κ3) is 3.23. The van der Waals surface area contributed by atoms with Gasteiger partial charge in [-0.05, 0) is 93.3 Å². The smallest absolute Gasteiger partial charge is 0.170 e. The molecule has 1 aromatic rings. The summed E-state index contributed by atoms with van der Waals surface area (Å²) in [5, 5.41) is 7.60. The maximum absolute atomic E-state index is 5.49. The van der Waals surface area contributed by atoms with E-state index in [1.807, 2.05) is 0 Å². The lowest BCUT2D eigenvalue weighted by molar-refractivity contribution is 0.279. The zero-order valence-corrected chi connectivity index (χ0v) is 14.1. The Morgan fingerprint density at radius 1 is 1.19 bits per heavy atom. The standard InChI is InChI=1S/C18H26N2S/c1-11-4-7-16(8-12(11)2)20-18(21)19-13(3)17-10-14-5-6-15(17)9-14/h4,7-8,13-15,17H,5-6,9-10H2,1-3H3,(H2,19,20,21). The molecular weight excluding hydrogens is 276 g/mol. The summed E-state index contributed by atoms with van der Waals surface area (Å²) < 4.78 is 0. The van der Waals surface area contributed by atoms with Gasteiger partial charge in [0.25, 0.3) is 0 Å². The Hall–Kier alpha value is -1.09. The average Bonchev–Trinajstić information content (AvgIpc) is 3.05. The molecule has 2 saturated carbocycles. The molecule has 2 fully saturated rings. The van der Waals surface area contributed by atoms with Crippen LogP contribution in [0.3, 0.4) is 0 Å². The number of thiocarbonyl (C=S) groups is 1. The lowest BCUT2D eigenvalue weighted by atomic mass is 9.84. The number of anilines is 1. The van der Waals surface area contributed by atoms with Crippen LogP contribution in [0.15, 0.2) is 18.2 Å². The highest BCUT2D eigenvalue weighted by atomic mass is 32.1. The molecule has 0 spiro atoms. The minimum Gasteiger partial charge on any atom is -0.360 e. The van der Waals surface area contributed by atoms with E-state index < -0.39 is 0 Å². The molecule has 2 nitrogen and oxygen atoms in total. The Morgan fingerprint density at radius 3 is 2.62 bits per heavy atom. The van der Waals surface area contributed by atoms with Crippen LogP contribution in [0.25, 0.3) is 0 Å². The molecule has 0 radical (unpaired) electrons. The maximum atomic E-state index is 5.49. The van der Waals surface area contributed by atoms with E-state index in [0.717, 1.165) is 28.6 Å². The fraction of sp³-hybridized carbons (Fsp3) is 0.611. The number of nitrogens with one attached hydrogen (secondary N) is 2. The molecule has 3 rings (SSSR count). The SMILES string of the molecule is Cc1ccc(NC(=S)NC(C)C2CC3CCC2C3)cc1C. The molecule has 0 amide bonds. The third-order valence-electron chi connectivity index (χ3n) is 5.56. The van der Waals surface area contributed by atoms with Crippen molar-refractivity contribution in [3.63, 3.8) is 0 Å². The molecule has 4 atom stereocenters. The molecule has 2 bridgehead atoms. The molecule has 0 aliphatic heterocycles. The molecule has 2 aliphatic carbocycles. The Kier molecular flexibility index (Phi) is 4.21. The molecule has 2 N–H and O–H groups in total. The molecule has 0 saturated heterocycles. The van der Waals surface area contributed by atoms with Crippen LogP contribution in [0.5, 0.6) is 0 Å². The van der Waals surface area contributed by atoms with E-state index in [9.17, 15) is 0 Å². The summed E-state index contributed by atoms with van der Waals surface area (Å²) in [6.45, 7) is 6.56. The minimum atomic E-state index is 0.479. The fourth-order valence-corrected chi connectivity index (χ4v) is 4.51. The largest absolute Gasteiger partial charge is 0.360 e. The Balaban J connectivity index is 1.55. The third-order valence-corrected chi connectivity index (χ3v) is 5.78. The van der Waals surface area contributed by atoms with Gasteiger partial charge in [-0.15, -0.1) is 0 Å². The number of hydrogen-bond donors (Lipinski definition) is 2. The molecular formula is C18H26N2S. The number of fused-ring (bicyclic) bond motifs is 2. The van der Waals surface area contributed by atoms with Gasteiger partial charge in [0, 0.05) is 11.7 Å². The average molecular weight is 302 g/mol. The first-order valence-corrected chi connectivity index (χ1v) is 8.58. The first-order chi connectivity index (χ1) is 10.0. The fourth-order valence-electron chi connectivity index (χ4n) is 4.21. The number of rotatable bonds is 3. The van der Waals surface area contributed by atoms with Crippen molar-refractivity contribution in [3.8, 4) is 0 Å². The molecule has 21 heavy (non-hydrogen) atoms. The Bertz CT molecular complexity index is 540. The highest BCUT2D eigenvalue weighted by molar-refractivity contribution is 7.80. The van der Waals surface area contributed by atoms with Gasteiger partial charge in [0.2, 0.25) is 0 Å². The Labute approximate surface area is 133 Å². The normalized spacial score (nSPS) is 28.4. The first-order valence-electron chi connectivity index (χ1n) is 8.17. The maximum Gasteiger partial charge on any atom is 0.170 e. The molecule has 1 aromatic carbocycles. The van der Waals surface area contributed by atoms with Crippen LogP contribution in [0.1, 0.15) is 43.7 Å². The van der Waals surface area contributed by atoms with Crippen molar-refractivity contribution < 1.29 is 0 Å². The van der Waals surface area contributed by atoms with Crippen molar-refractivity contribution in [2.24, 2.45) is 17.8 Å². The zero-order valence-electron chi connectivity index (χ0n) is 13.3. The van der Waals surface area contributed by atoms with Gasteiger partial charge in [-0.2, -0.15) is 0 Å². The lowest BCUT2D eigenvalue weighted by Crippen LogP contribution is -2.42. The summed E-state index contributed by atoms with van der Waals surface area (Å²) in [5.41, 5.74) is 3.69. The van der Waals surface area contributed by atoms with E-state index >= 15 is 0 Å². The van der Waals surface area contributed by atoms with E-state index in [4.69, 9.17) is 12.2 Å². The topological polar surface area (TPSA) is 24.1 Å². The van der Waals surface area contributed by atoms with Gasteiger partial charge in [-0.25, -0.2) is 0 Å². The predicted octanol–water partition coefficient (Wildman–Crippen LogP) is 4.41. The summed E-state index contributed by atoms with van der Waals surface area (Å²) in [6, 6.07) is 6.87. The summed E-state index contributed by atoms with van der Waals surface area (Å²) in [5.74, 6) is 2.73. The van der Waals surface area contributed by atoms with Crippen LogP contribution in [-0.4, -0.2) is 11.2 Å². The zero-order chi connectivity index (χ0) is 15.0. The van der Waals surface area contributed by atoms with E-state index in [-0.39, 0.29) is 0 Å². The van der Waals surface area contributed by atoms with Crippen LogP contribution in [0, 0.1) is 31.6 Å². The van der Waals surface area contributed by atoms with Gasteiger partial charge in [0.15, 0.2) is 5.11 Å². The lowest BCUT2D eigenvalue weighted by Gasteiger charge is -2.29. The van der Waals surface area contributed by atoms with Crippen molar-refractivity contribution in [1.29, 1.82) is 0 Å². The van der Waals surface area contributed by atoms with E-state index in [2.05, 4.69) is 49.6 Å². The van der Waals surface area contributed by atoms with Crippen molar-refractivity contribution in [2.75, 3.05) is 5.32 Å². The highest BCUT2D eigenvalue weighted by Gasteiger charge is 2.41. The quantitative estimate of drug-likeness (QED) is 0.809. The van der Waals surface area contributed by atoms with Crippen LogP contribution in [0.4, 0.5) is 5.69 Å². The highest BCUT2D eigenvalue weighted by Crippen LogP contribution is 2.49. The monoisotopic (exact) mass is 302 g/mol. The summed E-state index contributed by atoms with van der Waals surface area (Å²) in [6.07, 6.45) is 5.73. The molecule has 4 unspecified atom stereocenters. The minimum absolute atomic E-state index is 0.479. The second kappa shape index (κ2) is 5.96. The van der Waals surface area contributed by atoms with Gasteiger partial charge < -0.3 is 10.6 Å². The number of hydrogen-bond acceptors (Lipinski definition) is 1. The number of benzene rings is 1. The summed E-state index contributed by atoms with van der Waals surface area (Å²) >= 11 is 5.49. The number of aryl methyl sites for hydroxylation is 2. The van der Waals surface area contributed by atoms with Crippen LogP contribution >= 0.6 is 12.2 Å². The molecule has 3 heteroatoms.